The van der Waals surface area contributed by atoms with E-state index in [-0.39, 0.29) is 16.4 Å². The first-order valence-electron chi connectivity index (χ1n) is 7.02. The van der Waals surface area contributed by atoms with Crippen molar-refractivity contribution in [2.24, 2.45) is 11.1 Å². The molecule has 0 radical (unpaired) electrons. The quantitative estimate of drug-likeness (QED) is 0.769. The van der Waals surface area contributed by atoms with Crippen LogP contribution >= 0.6 is 0 Å². The molecule has 0 bridgehead atoms. The molecular formula is C15H26N2O3S. The Hall–Kier alpha value is -0.950. The molecule has 1 atom stereocenters. The van der Waals surface area contributed by atoms with Gasteiger partial charge in [0, 0.05) is 26.3 Å². The predicted octanol–water partition coefficient (Wildman–Crippen LogP) is 2.05. The highest BCUT2D eigenvalue weighted by Gasteiger charge is 2.22. The van der Waals surface area contributed by atoms with Gasteiger partial charge in [-0.2, -0.15) is 0 Å². The molecule has 0 spiro atoms. The van der Waals surface area contributed by atoms with Gasteiger partial charge in [-0.3, -0.25) is 0 Å². The highest BCUT2D eigenvalue weighted by molar-refractivity contribution is 7.89. The maximum Gasteiger partial charge on any atom is 0.240 e. The summed E-state index contributed by atoms with van der Waals surface area (Å²) < 4.78 is 32.2. The van der Waals surface area contributed by atoms with E-state index in [0.29, 0.717) is 13.2 Å². The van der Waals surface area contributed by atoms with Gasteiger partial charge in [-0.05, 0) is 36.5 Å². The molecule has 0 aliphatic heterocycles. The smallest absolute Gasteiger partial charge is 0.240 e. The molecule has 5 nitrogen and oxygen atoms in total. The number of nitrogens with one attached hydrogen (secondary N) is 1. The van der Waals surface area contributed by atoms with E-state index in [4.69, 9.17) is 10.5 Å². The first-order chi connectivity index (χ1) is 9.68. The molecule has 0 aromatic heterocycles. The van der Waals surface area contributed by atoms with Crippen LogP contribution in [0.4, 0.5) is 0 Å². The summed E-state index contributed by atoms with van der Waals surface area (Å²) in [6.45, 7) is 6.85. The van der Waals surface area contributed by atoms with Crippen LogP contribution < -0.4 is 10.5 Å². The lowest BCUT2D eigenvalue weighted by molar-refractivity contribution is 0.153. The first kappa shape index (κ1) is 18.1. The van der Waals surface area contributed by atoms with Gasteiger partial charge in [0.25, 0.3) is 0 Å². The van der Waals surface area contributed by atoms with E-state index in [0.717, 1.165) is 12.0 Å². The van der Waals surface area contributed by atoms with Gasteiger partial charge in [0.15, 0.2) is 0 Å². The third kappa shape index (κ3) is 5.74. The second-order valence-corrected chi connectivity index (χ2v) is 7.86. The summed E-state index contributed by atoms with van der Waals surface area (Å²) in [7, 11) is -1.85. The monoisotopic (exact) mass is 314 g/mol. The van der Waals surface area contributed by atoms with Crippen LogP contribution in [-0.2, 0) is 14.8 Å². The van der Waals surface area contributed by atoms with Gasteiger partial charge >= 0.3 is 0 Å². The normalized spacial score (nSPS) is 14.1. The van der Waals surface area contributed by atoms with Gasteiger partial charge in [-0.15, -0.1) is 0 Å². The summed E-state index contributed by atoms with van der Waals surface area (Å²) in [4.78, 5) is 0.259. The number of hydrogen-bond donors (Lipinski definition) is 2. The van der Waals surface area contributed by atoms with Crippen LogP contribution in [-0.4, -0.2) is 28.7 Å². The largest absolute Gasteiger partial charge is 0.385 e. The lowest BCUT2D eigenvalue weighted by Crippen LogP contribution is -2.34. The summed E-state index contributed by atoms with van der Waals surface area (Å²) in [5.74, 6) is 0. The Labute approximate surface area is 127 Å². The average molecular weight is 314 g/mol. The zero-order valence-corrected chi connectivity index (χ0v) is 14.0. The molecule has 0 aliphatic carbocycles. The summed E-state index contributed by atoms with van der Waals surface area (Å²) in [6.07, 6.45) is 0.787. The second kappa shape index (κ2) is 7.35. The van der Waals surface area contributed by atoms with E-state index < -0.39 is 10.0 Å². The fourth-order valence-corrected chi connectivity index (χ4v) is 3.03. The number of sulfonamides is 1. The minimum atomic E-state index is -3.49. The van der Waals surface area contributed by atoms with Crippen molar-refractivity contribution < 1.29 is 13.2 Å². The average Bonchev–Trinajstić information content (AvgIpc) is 2.43. The lowest BCUT2D eigenvalue weighted by atomic mass is 9.90. The molecular weight excluding hydrogens is 288 g/mol. The Kier molecular flexibility index (Phi) is 6.34. The SMILES string of the molecule is COCCC(C)(C)CNS(=O)(=O)c1ccc(C(C)N)cc1. The summed E-state index contributed by atoms with van der Waals surface area (Å²) in [5.41, 5.74) is 6.51. The summed E-state index contributed by atoms with van der Waals surface area (Å²) >= 11 is 0. The molecule has 120 valence electrons. The van der Waals surface area contributed by atoms with E-state index in [1.165, 1.54) is 0 Å². The Morgan fingerprint density at radius 1 is 1.29 bits per heavy atom. The van der Waals surface area contributed by atoms with E-state index in [1.807, 2.05) is 20.8 Å². The van der Waals surface area contributed by atoms with E-state index in [9.17, 15) is 8.42 Å². The Balaban J connectivity index is 2.73. The number of ether oxygens (including phenoxy) is 1. The van der Waals surface area contributed by atoms with Gasteiger partial charge in [0.1, 0.15) is 0 Å². The van der Waals surface area contributed by atoms with Crippen molar-refractivity contribution >= 4 is 10.0 Å². The van der Waals surface area contributed by atoms with Crippen molar-refractivity contribution in [1.29, 1.82) is 0 Å². The summed E-state index contributed by atoms with van der Waals surface area (Å²) in [5, 5.41) is 0. The van der Waals surface area contributed by atoms with Gasteiger partial charge in [-0.1, -0.05) is 26.0 Å². The van der Waals surface area contributed by atoms with Crippen LogP contribution in [0.25, 0.3) is 0 Å². The Morgan fingerprint density at radius 2 is 1.86 bits per heavy atom. The molecule has 0 amide bonds. The molecule has 0 aliphatic rings. The molecule has 0 saturated carbocycles. The number of rotatable bonds is 8. The molecule has 1 rings (SSSR count). The highest BCUT2D eigenvalue weighted by Crippen LogP contribution is 2.20. The highest BCUT2D eigenvalue weighted by atomic mass is 32.2. The predicted molar refractivity (Wildman–Crippen MR) is 84.5 cm³/mol. The van der Waals surface area contributed by atoms with Gasteiger partial charge < -0.3 is 10.5 Å². The van der Waals surface area contributed by atoms with Gasteiger partial charge in [0.05, 0.1) is 4.90 Å². The van der Waals surface area contributed by atoms with Crippen LogP contribution in [0.2, 0.25) is 0 Å². The van der Waals surface area contributed by atoms with Crippen molar-refractivity contribution in [3.8, 4) is 0 Å². The van der Waals surface area contributed by atoms with Gasteiger partial charge in [-0.25, -0.2) is 13.1 Å². The van der Waals surface area contributed by atoms with Crippen LogP contribution in [0.3, 0.4) is 0 Å². The fourth-order valence-electron chi connectivity index (χ4n) is 1.79. The topological polar surface area (TPSA) is 81.4 Å². The van der Waals surface area contributed by atoms with Crippen molar-refractivity contribution in [2.45, 2.75) is 38.1 Å². The molecule has 1 unspecified atom stereocenters. The van der Waals surface area contributed by atoms with Crippen molar-refractivity contribution in [3.63, 3.8) is 0 Å². The standard InChI is InChI=1S/C15H26N2O3S/c1-12(16)13-5-7-14(8-6-13)21(18,19)17-11-15(2,3)9-10-20-4/h5-8,12,17H,9-11,16H2,1-4H3. The van der Waals surface area contributed by atoms with Crippen LogP contribution in [0.15, 0.2) is 29.2 Å². The molecule has 0 heterocycles. The molecule has 6 heteroatoms. The van der Waals surface area contributed by atoms with Crippen molar-refractivity contribution in [2.75, 3.05) is 20.3 Å². The van der Waals surface area contributed by atoms with Crippen LogP contribution in [0.1, 0.15) is 38.8 Å². The molecule has 1 aromatic carbocycles. The van der Waals surface area contributed by atoms with Crippen LogP contribution in [0, 0.1) is 5.41 Å². The molecule has 3 N–H and O–H groups in total. The number of benzene rings is 1. The number of nitrogens with two attached hydrogens (primary N) is 1. The minimum absolute atomic E-state index is 0.109. The Bertz CT molecular complexity index is 537. The maximum atomic E-state index is 12.3. The van der Waals surface area contributed by atoms with Crippen molar-refractivity contribution in [3.05, 3.63) is 29.8 Å². The van der Waals surface area contributed by atoms with Crippen LogP contribution in [0.5, 0.6) is 0 Å². The molecule has 21 heavy (non-hydrogen) atoms. The number of hydrogen-bond acceptors (Lipinski definition) is 4. The third-order valence-electron chi connectivity index (χ3n) is 3.44. The van der Waals surface area contributed by atoms with E-state index >= 15 is 0 Å². The lowest BCUT2D eigenvalue weighted by Gasteiger charge is -2.24. The fraction of sp³-hybridized carbons (Fsp3) is 0.600. The first-order valence-corrected chi connectivity index (χ1v) is 8.50. The number of methoxy groups -OCH3 is 1. The van der Waals surface area contributed by atoms with Crippen molar-refractivity contribution in [1.82, 2.24) is 4.72 Å². The second-order valence-electron chi connectivity index (χ2n) is 6.09. The molecule has 0 saturated heterocycles. The summed E-state index contributed by atoms with van der Waals surface area (Å²) in [6, 6.07) is 6.56. The molecule has 1 aromatic rings. The zero-order valence-electron chi connectivity index (χ0n) is 13.2. The van der Waals surface area contributed by atoms with E-state index in [2.05, 4.69) is 4.72 Å². The van der Waals surface area contributed by atoms with Gasteiger partial charge in [0.2, 0.25) is 10.0 Å². The third-order valence-corrected chi connectivity index (χ3v) is 4.86. The van der Waals surface area contributed by atoms with E-state index in [1.54, 1.807) is 31.4 Å². The minimum Gasteiger partial charge on any atom is -0.385 e. The molecule has 0 fully saturated rings. The zero-order chi connectivity index (χ0) is 16.1. The maximum absolute atomic E-state index is 12.3. The Morgan fingerprint density at radius 3 is 2.33 bits per heavy atom.